The van der Waals surface area contributed by atoms with Gasteiger partial charge in [-0.3, -0.25) is 0 Å². The molecule has 0 bridgehead atoms. The van der Waals surface area contributed by atoms with E-state index in [4.69, 9.17) is 4.74 Å². The Hall–Kier alpha value is -3.33. The molecule has 1 amide bonds. The Bertz CT molecular complexity index is 866. The molecule has 4 rings (SSSR count). The van der Waals surface area contributed by atoms with Crippen LogP contribution >= 0.6 is 0 Å². The number of para-hydroxylation sites is 3. The van der Waals surface area contributed by atoms with E-state index in [2.05, 4.69) is 0 Å². The van der Waals surface area contributed by atoms with Gasteiger partial charge in [0.2, 0.25) is 0 Å². The number of carbonyl (C=O) groups excluding carboxylic acids is 1. The molecule has 0 aliphatic carbocycles. The van der Waals surface area contributed by atoms with E-state index in [1.807, 2.05) is 78.9 Å². The summed E-state index contributed by atoms with van der Waals surface area (Å²) in [7, 11) is 0. The minimum atomic E-state index is -0.426. The number of hydrogen-bond acceptors (Lipinski definition) is 2. The van der Waals surface area contributed by atoms with Crippen molar-refractivity contribution in [3.8, 4) is 5.75 Å². The van der Waals surface area contributed by atoms with Gasteiger partial charge in [0.1, 0.15) is 5.75 Å². The summed E-state index contributed by atoms with van der Waals surface area (Å²) in [6, 6.07) is 24.7. The molecule has 0 aromatic heterocycles. The predicted octanol–water partition coefficient (Wildman–Crippen LogP) is 5.51. The van der Waals surface area contributed by atoms with Gasteiger partial charge in [0.15, 0.2) is 0 Å². The van der Waals surface area contributed by atoms with Crippen LogP contribution in [-0.2, 0) is 0 Å². The van der Waals surface area contributed by atoms with E-state index < -0.39 is 6.09 Å². The maximum absolute atomic E-state index is 12.9. The number of amides is 1. The van der Waals surface area contributed by atoms with Gasteiger partial charge < -0.3 is 4.74 Å². The van der Waals surface area contributed by atoms with Gasteiger partial charge in [-0.15, -0.1) is 0 Å². The number of hydrogen-bond donors (Lipinski definition) is 0. The summed E-state index contributed by atoms with van der Waals surface area (Å²) in [5.74, 6) is 0.523. The molecular formula is C21H15NO2. The number of ether oxygens (including phenoxy) is 1. The highest BCUT2D eigenvalue weighted by molar-refractivity contribution is 6.03. The largest absolute Gasteiger partial charge is 0.424 e. The van der Waals surface area contributed by atoms with Crippen molar-refractivity contribution in [2.45, 2.75) is 0 Å². The van der Waals surface area contributed by atoms with Crippen LogP contribution in [0.5, 0.6) is 5.75 Å². The molecule has 3 aromatic carbocycles. The lowest BCUT2D eigenvalue weighted by atomic mass is 10.1. The fraction of sp³-hybridized carbons (Fsp3) is 0. The van der Waals surface area contributed by atoms with E-state index >= 15 is 0 Å². The lowest BCUT2D eigenvalue weighted by molar-refractivity contribution is 0.210. The van der Waals surface area contributed by atoms with Gasteiger partial charge in [0.05, 0.1) is 11.4 Å². The molecule has 1 heterocycles. The second kappa shape index (κ2) is 6.05. The number of benzene rings is 3. The Morgan fingerprint density at radius 2 is 1.17 bits per heavy atom. The number of carbonyl (C=O) groups is 1. The molecule has 0 unspecified atom stereocenters. The van der Waals surface area contributed by atoms with Gasteiger partial charge in [-0.1, -0.05) is 66.7 Å². The van der Waals surface area contributed by atoms with Crippen molar-refractivity contribution in [1.29, 1.82) is 0 Å². The topological polar surface area (TPSA) is 29.5 Å². The maximum Gasteiger partial charge on any atom is 0.424 e. The first-order chi connectivity index (χ1) is 11.8. The number of anilines is 2. The third-order valence-electron chi connectivity index (χ3n) is 3.93. The first kappa shape index (κ1) is 14.3. The quantitative estimate of drug-likeness (QED) is 0.593. The third kappa shape index (κ3) is 2.57. The molecule has 3 aromatic rings. The Balaban J connectivity index is 1.81. The van der Waals surface area contributed by atoms with Crippen LogP contribution in [0.3, 0.4) is 0 Å². The van der Waals surface area contributed by atoms with Crippen molar-refractivity contribution < 1.29 is 9.53 Å². The summed E-state index contributed by atoms with van der Waals surface area (Å²) < 4.78 is 5.58. The monoisotopic (exact) mass is 313 g/mol. The van der Waals surface area contributed by atoms with Gasteiger partial charge >= 0.3 is 6.09 Å². The number of rotatable bonds is 1. The van der Waals surface area contributed by atoms with Gasteiger partial charge in [-0.05, 0) is 35.4 Å². The zero-order valence-corrected chi connectivity index (χ0v) is 12.9. The molecule has 3 nitrogen and oxygen atoms in total. The molecule has 0 N–H and O–H groups in total. The SMILES string of the molecule is O=C(Oc1ccccc1)N1c2ccccc2C=Cc2ccccc21. The van der Waals surface area contributed by atoms with Crippen LogP contribution < -0.4 is 9.64 Å². The molecule has 1 aliphatic rings. The second-order valence-corrected chi connectivity index (χ2v) is 5.47. The Labute approximate surface area is 140 Å². The molecule has 24 heavy (non-hydrogen) atoms. The Kier molecular flexibility index (Phi) is 3.60. The second-order valence-electron chi connectivity index (χ2n) is 5.47. The van der Waals surface area contributed by atoms with Crippen LogP contribution in [0.25, 0.3) is 12.2 Å². The zero-order valence-electron chi connectivity index (χ0n) is 12.9. The average molecular weight is 313 g/mol. The Morgan fingerprint density at radius 1 is 0.667 bits per heavy atom. The fourth-order valence-corrected chi connectivity index (χ4v) is 2.81. The summed E-state index contributed by atoms with van der Waals surface area (Å²) in [5, 5.41) is 0. The van der Waals surface area contributed by atoms with E-state index in [1.54, 1.807) is 17.0 Å². The molecule has 0 saturated heterocycles. The first-order valence-electron chi connectivity index (χ1n) is 7.76. The van der Waals surface area contributed by atoms with Crippen molar-refractivity contribution >= 4 is 29.6 Å². The van der Waals surface area contributed by atoms with E-state index in [1.165, 1.54) is 0 Å². The highest BCUT2D eigenvalue weighted by Crippen LogP contribution is 2.36. The molecule has 0 fully saturated rings. The van der Waals surface area contributed by atoms with Gasteiger partial charge in [-0.2, -0.15) is 0 Å². The van der Waals surface area contributed by atoms with Crippen LogP contribution in [0.1, 0.15) is 11.1 Å². The molecule has 0 radical (unpaired) electrons. The molecular weight excluding hydrogens is 298 g/mol. The van der Waals surface area contributed by atoms with Crippen LogP contribution in [0.4, 0.5) is 16.2 Å². The fourth-order valence-electron chi connectivity index (χ4n) is 2.81. The van der Waals surface area contributed by atoms with E-state index in [0.717, 1.165) is 22.5 Å². The van der Waals surface area contributed by atoms with Crippen LogP contribution in [-0.4, -0.2) is 6.09 Å². The third-order valence-corrected chi connectivity index (χ3v) is 3.93. The van der Waals surface area contributed by atoms with Crippen LogP contribution in [0.15, 0.2) is 78.9 Å². The average Bonchev–Trinajstić information content (AvgIpc) is 2.79. The highest BCUT2D eigenvalue weighted by atomic mass is 16.6. The predicted molar refractivity (Wildman–Crippen MR) is 96.4 cm³/mol. The smallest absolute Gasteiger partial charge is 0.410 e. The van der Waals surface area contributed by atoms with Crippen LogP contribution in [0, 0.1) is 0 Å². The molecule has 1 aliphatic heterocycles. The minimum absolute atomic E-state index is 0.426. The molecule has 3 heteroatoms. The minimum Gasteiger partial charge on any atom is -0.410 e. The molecule has 0 atom stereocenters. The lowest BCUT2D eigenvalue weighted by Gasteiger charge is -2.24. The number of fused-ring (bicyclic) bond motifs is 2. The molecule has 116 valence electrons. The standard InChI is InChI=1S/C21H15NO2/c23-21(24-18-10-2-1-3-11-18)22-19-12-6-4-8-16(19)14-15-17-9-5-7-13-20(17)22/h1-15H. The normalized spacial score (nSPS) is 12.1. The summed E-state index contributed by atoms with van der Waals surface area (Å²) in [4.78, 5) is 14.5. The van der Waals surface area contributed by atoms with Crippen molar-refractivity contribution in [3.05, 3.63) is 90.0 Å². The highest BCUT2D eigenvalue weighted by Gasteiger charge is 2.25. The molecule has 0 saturated carbocycles. The van der Waals surface area contributed by atoms with E-state index in [-0.39, 0.29) is 0 Å². The summed E-state index contributed by atoms with van der Waals surface area (Å²) in [6.07, 6.45) is 3.61. The van der Waals surface area contributed by atoms with Gasteiger partial charge in [-0.25, -0.2) is 9.69 Å². The summed E-state index contributed by atoms with van der Waals surface area (Å²) >= 11 is 0. The summed E-state index contributed by atoms with van der Waals surface area (Å²) in [6.45, 7) is 0. The van der Waals surface area contributed by atoms with Crippen LogP contribution in [0.2, 0.25) is 0 Å². The van der Waals surface area contributed by atoms with Crippen molar-refractivity contribution in [3.63, 3.8) is 0 Å². The lowest BCUT2D eigenvalue weighted by Crippen LogP contribution is -2.29. The van der Waals surface area contributed by atoms with Crippen molar-refractivity contribution in [2.24, 2.45) is 0 Å². The van der Waals surface area contributed by atoms with E-state index in [0.29, 0.717) is 5.75 Å². The molecule has 0 spiro atoms. The van der Waals surface area contributed by atoms with Gasteiger partial charge in [0.25, 0.3) is 0 Å². The first-order valence-corrected chi connectivity index (χ1v) is 7.76. The maximum atomic E-state index is 12.9. The van der Waals surface area contributed by atoms with Crippen molar-refractivity contribution in [2.75, 3.05) is 4.90 Å². The number of nitrogens with zero attached hydrogens (tertiary/aromatic N) is 1. The van der Waals surface area contributed by atoms with Crippen molar-refractivity contribution in [1.82, 2.24) is 0 Å². The zero-order chi connectivity index (χ0) is 16.4. The van der Waals surface area contributed by atoms with Gasteiger partial charge in [0, 0.05) is 0 Å². The Morgan fingerprint density at radius 3 is 1.75 bits per heavy atom. The summed E-state index contributed by atoms with van der Waals surface area (Å²) in [5.41, 5.74) is 3.55. The van der Waals surface area contributed by atoms with E-state index in [9.17, 15) is 4.79 Å².